The van der Waals surface area contributed by atoms with Crippen LogP contribution in [0.3, 0.4) is 0 Å². The van der Waals surface area contributed by atoms with Gasteiger partial charge in [-0.3, -0.25) is 0 Å². The highest BCUT2D eigenvalue weighted by Crippen LogP contribution is 2.39. The zero-order valence-corrected chi connectivity index (χ0v) is 13.7. The number of nitrogens with zero attached hydrogens (tertiary/aromatic N) is 1. The van der Waals surface area contributed by atoms with E-state index in [1.54, 1.807) is 21.3 Å². The Morgan fingerprint density at radius 1 is 0.739 bits per heavy atom. The number of methoxy groups -OCH3 is 3. The lowest BCUT2D eigenvalue weighted by molar-refractivity contribution is 0.404. The summed E-state index contributed by atoms with van der Waals surface area (Å²) in [6.45, 7) is 1.97. The first-order valence-electron chi connectivity index (χ1n) is 7.34. The Bertz CT molecular complexity index is 859. The SMILES string of the molecule is COc1ccc(OC)c(-c2ccc(OC)c3nc(C)ccc23)c1. The number of pyridine rings is 1. The Kier molecular flexibility index (Phi) is 4.06. The molecule has 0 atom stereocenters. The highest BCUT2D eigenvalue weighted by molar-refractivity contribution is 5.99. The van der Waals surface area contributed by atoms with Gasteiger partial charge in [-0.1, -0.05) is 6.07 Å². The summed E-state index contributed by atoms with van der Waals surface area (Å²) in [6.07, 6.45) is 0. The van der Waals surface area contributed by atoms with Crippen molar-refractivity contribution in [3.8, 4) is 28.4 Å². The molecule has 118 valence electrons. The van der Waals surface area contributed by atoms with Crippen LogP contribution in [0.1, 0.15) is 5.69 Å². The van der Waals surface area contributed by atoms with Gasteiger partial charge in [0.25, 0.3) is 0 Å². The van der Waals surface area contributed by atoms with E-state index in [4.69, 9.17) is 14.2 Å². The lowest BCUT2D eigenvalue weighted by Crippen LogP contribution is -1.94. The number of hydrogen-bond donors (Lipinski definition) is 0. The molecule has 1 aromatic heterocycles. The van der Waals surface area contributed by atoms with Crippen molar-refractivity contribution in [1.29, 1.82) is 0 Å². The van der Waals surface area contributed by atoms with Gasteiger partial charge in [-0.25, -0.2) is 4.98 Å². The first kappa shape index (κ1) is 15.2. The summed E-state index contributed by atoms with van der Waals surface area (Å²) in [5.41, 5.74) is 3.79. The lowest BCUT2D eigenvalue weighted by atomic mass is 9.98. The van der Waals surface area contributed by atoms with Gasteiger partial charge in [-0.2, -0.15) is 0 Å². The second-order valence-electron chi connectivity index (χ2n) is 5.23. The molecule has 0 fully saturated rings. The molecule has 0 radical (unpaired) electrons. The molecular weight excluding hydrogens is 290 g/mol. The summed E-state index contributed by atoms with van der Waals surface area (Å²) in [5, 5.41) is 1.02. The molecule has 4 heteroatoms. The number of ether oxygens (including phenoxy) is 3. The molecule has 0 saturated heterocycles. The molecule has 0 aliphatic rings. The number of fused-ring (bicyclic) bond motifs is 1. The minimum absolute atomic E-state index is 0.759. The van der Waals surface area contributed by atoms with E-state index in [-0.39, 0.29) is 0 Å². The van der Waals surface area contributed by atoms with Crippen molar-refractivity contribution in [3.63, 3.8) is 0 Å². The minimum atomic E-state index is 0.759. The van der Waals surface area contributed by atoms with Gasteiger partial charge >= 0.3 is 0 Å². The van der Waals surface area contributed by atoms with Gasteiger partial charge in [0.1, 0.15) is 22.8 Å². The third kappa shape index (κ3) is 2.68. The standard InChI is InChI=1S/C19H19NO3/c1-12-5-7-15-14(8-10-18(23-4)19(15)20-12)16-11-13(21-2)6-9-17(16)22-3/h5-11H,1-4H3. The van der Waals surface area contributed by atoms with E-state index in [1.807, 2.05) is 43.3 Å². The van der Waals surface area contributed by atoms with Crippen LogP contribution >= 0.6 is 0 Å². The van der Waals surface area contributed by atoms with E-state index in [2.05, 4.69) is 11.1 Å². The predicted molar refractivity (Wildman–Crippen MR) is 91.6 cm³/mol. The second kappa shape index (κ2) is 6.16. The first-order chi connectivity index (χ1) is 11.2. The molecule has 4 nitrogen and oxygen atoms in total. The van der Waals surface area contributed by atoms with Crippen LogP contribution in [0.25, 0.3) is 22.0 Å². The van der Waals surface area contributed by atoms with Crippen LogP contribution < -0.4 is 14.2 Å². The van der Waals surface area contributed by atoms with Gasteiger partial charge in [0.2, 0.25) is 0 Å². The summed E-state index contributed by atoms with van der Waals surface area (Å²) < 4.78 is 16.3. The molecule has 3 aromatic rings. The van der Waals surface area contributed by atoms with E-state index in [9.17, 15) is 0 Å². The molecule has 0 N–H and O–H groups in total. The third-order valence-corrected chi connectivity index (χ3v) is 3.88. The Hall–Kier alpha value is -2.75. The Morgan fingerprint density at radius 3 is 2.17 bits per heavy atom. The lowest BCUT2D eigenvalue weighted by Gasteiger charge is -2.14. The van der Waals surface area contributed by atoms with Crippen molar-refractivity contribution in [2.24, 2.45) is 0 Å². The van der Waals surface area contributed by atoms with Crippen LogP contribution in [-0.2, 0) is 0 Å². The Morgan fingerprint density at radius 2 is 1.48 bits per heavy atom. The Labute approximate surface area is 135 Å². The smallest absolute Gasteiger partial charge is 0.145 e. The minimum Gasteiger partial charge on any atom is -0.497 e. The summed E-state index contributed by atoms with van der Waals surface area (Å²) in [5.74, 6) is 2.33. The number of aromatic nitrogens is 1. The number of aryl methyl sites for hydroxylation is 1. The monoisotopic (exact) mass is 309 g/mol. The zero-order valence-electron chi connectivity index (χ0n) is 13.7. The highest BCUT2D eigenvalue weighted by Gasteiger charge is 2.14. The highest BCUT2D eigenvalue weighted by atomic mass is 16.5. The number of hydrogen-bond acceptors (Lipinski definition) is 4. The van der Waals surface area contributed by atoms with E-state index >= 15 is 0 Å². The molecule has 0 bridgehead atoms. The molecule has 0 amide bonds. The fourth-order valence-corrected chi connectivity index (χ4v) is 2.71. The molecule has 23 heavy (non-hydrogen) atoms. The van der Waals surface area contributed by atoms with Crippen LogP contribution in [-0.4, -0.2) is 26.3 Å². The normalized spacial score (nSPS) is 10.6. The molecule has 0 aliphatic heterocycles. The predicted octanol–water partition coefficient (Wildman–Crippen LogP) is 4.24. The van der Waals surface area contributed by atoms with Gasteiger partial charge in [0.15, 0.2) is 0 Å². The van der Waals surface area contributed by atoms with Crippen LogP contribution in [0.15, 0.2) is 42.5 Å². The molecule has 0 aliphatic carbocycles. The van der Waals surface area contributed by atoms with Gasteiger partial charge in [-0.15, -0.1) is 0 Å². The van der Waals surface area contributed by atoms with Gasteiger partial charge < -0.3 is 14.2 Å². The summed E-state index contributed by atoms with van der Waals surface area (Å²) in [6, 6.07) is 13.8. The third-order valence-electron chi connectivity index (χ3n) is 3.88. The molecule has 0 unspecified atom stereocenters. The molecule has 3 rings (SSSR count). The van der Waals surface area contributed by atoms with Crippen molar-refractivity contribution >= 4 is 10.9 Å². The van der Waals surface area contributed by atoms with Crippen LogP contribution in [0.5, 0.6) is 17.2 Å². The summed E-state index contributed by atoms with van der Waals surface area (Å²) in [7, 11) is 4.98. The van der Waals surface area contributed by atoms with E-state index < -0.39 is 0 Å². The maximum Gasteiger partial charge on any atom is 0.145 e. The average molecular weight is 309 g/mol. The molecular formula is C19H19NO3. The topological polar surface area (TPSA) is 40.6 Å². The van der Waals surface area contributed by atoms with Crippen molar-refractivity contribution in [1.82, 2.24) is 4.98 Å². The van der Waals surface area contributed by atoms with Crippen LogP contribution in [0, 0.1) is 6.92 Å². The van der Waals surface area contributed by atoms with Crippen molar-refractivity contribution in [3.05, 3.63) is 48.2 Å². The van der Waals surface area contributed by atoms with Gasteiger partial charge in [-0.05, 0) is 48.9 Å². The second-order valence-corrected chi connectivity index (χ2v) is 5.23. The Balaban J connectivity index is 2.33. The van der Waals surface area contributed by atoms with E-state index in [1.165, 1.54) is 0 Å². The zero-order chi connectivity index (χ0) is 16.4. The van der Waals surface area contributed by atoms with Gasteiger partial charge in [0.05, 0.1) is 21.3 Å². The molecule has 2 aromatic carbocycles. The van der Waals surface area contributed by atoms with Gasteiger partial charge in [0, 0.05) is 16.6 Å². The van der Waals surface area contributed by atoms with Crippen LogP contribution in [0.2, 0.25) is 0 Å². The van der Waals surface area contributed by atoms with E-state index in [0.717, 1.165) is 45.0 Å². The fraction of sp³-hybridized carbons (Fsp3) is 0.211. The maximum atomic E-state index is 5.52. The molecule has 1 heterocycles. The quantitative estimate of drug-likeness (QED) is 0.723. The fourth-order valence-electron chi connectivity index (χ4n) is 2.71. The van der Waals surface area contributed by atoms with Crippen LogP contribution in [0.4, 0.5) is 0 Å². The largest absolute Gasteiger partial charge is 0.497 e. The molecule has 0 saturated carbocycles. The number of benzene rings is 2. The van der Waals surface area contributed by atoms with Crippen molar-refractivity contribution in [2.45, 2.75) is 6.92 Å². The average Bonchev–Trinajstić information content (AvgIpc) is 2.60. The van der Waals surface area contributed by atoms with E-state index in [0.29, 0.717) is 0 Å². The van der Waals surface area contributed by atoms with Crippen molar-refractivity contribution in [2.75, 3.05) is 21.3 Å². The summed E-state index contributed by atoms with van der Waals surface area (Å²) >= 11 is 0. The maximum absolute atomic E-state index is 5.52. The first-order valence-corrected chi connectivity index (χ1v) is 7.34. The number of rotatable bonds is 4. The summed E-state index contributed by atoms with van der Waals surface area (Å²) in [4.78, 5) is 4.63. The molecule has 0 spiro atoms. The van der Waals surface area contributed by atoms with Crippen molar-refractivity contribution < 1.29 is 14.2 Å².